The Labute approximate surface area is 118 Å². The first-order chi connectivity index (χ1) is 9.20. The van der Waals surface area contributed by atoms with Crippen molar-refractivity contribution in [3.05, 3.63) is 30.1 Å². The van der Waals surface area contributed by atoms with Gasteiger partial charge >= 0.3 is 0 Å². The van der Waals surface area contributed by atoms with Crippen molar-refractivity contribution in [1.29, 1.82) is 0 Å². The van der Waals surface area contributed by atoms with Gasteiger partial charge in [0.15, 0.2) is 0 Å². The van der Waals surface area contributed by atoms with Gasteiger partial charge in [0, 0.05) is 10.6 Å². The van der Waals surface area contributed by atoms with E-state index in [1.54, 1.807) is 23.9 Å². The van der Waals surface area contributed by atoms with E-state index >= 15 is 0 Å². The van der Waals surface area contributed by atoms with Gasteiger partial charge in [-0.15, -0.1) is 11.8 Å². The second-order valence-corrected chi connectivity index (χ2v) is 6.31. The molecular formula is C15H22FNOS. The van der Waals surface area contributed by atoms with E-state index in [4.69, 9.17) is 0 Å². The third kappa shape index (κ3) is 3.94. The molecule has 1 aliphatic rings. The molecule has 4 heteroatoms. The second-order valence-electron chi connectivity index (χ2n) is 5.26. The zero-order chi connectivity index (χ0) is 13.7. The summed E-state index contributed by atoms with van der Waals surface area (Å²) in [5, 5.41) is 13.3. The van der Waals surface area contributed by atoms with Crippen molar-refractivity contribution in [1.82, 2.24) is 5.32 Å². The van der Waals surface area contributed by atoms with Gasteiger partial charge in [-0.05, 0) is 56.0 Å². The Balaban J connectivity index is 1.97. The van der Waals surface area contributed by atoms with Crippen LogP contribution in [0.1, 0.15) is 26.2 Å². The molecule has 1 saturated carbocycles. The summed E-state index contributed by atoms with van der Waals surface area (Å²) in [6.07, 6.45) is 3.46. The third-order valence-corrected chi connectivity index (χ3v) is 4.94. The van der Waals surface area contributed by atoms with Crippen LogP contribution in [-0.2, 0) is 0 Å². The van der Waals surface area contributed by atoms with Crippen LogP contribution in [-0.4, -0.2) is 29.5 Å². The van der Waals surface area contributed by atoms with Crippen LogP contribution in [0.4, 0.5) is 4.39 Å². The molecule has 0 heterocycles. The Morgan fingerprint density at radius 2 is 2.05 bits per heavy atom. The summed E-state index contributed by atoms with van der Waals surface area (Å²) in [5.74, 6) is 1.21. The molecule has 19 heavy (non-hydrogen) atoms. The van der Waals surface area contributed by atoms with Gasteiger partial charge in [-0.1, -0.05) is 6.92 Å². The minimum Gasteiger partial charge on any atom is -0.394 e. The molecule has 2 rings (SSSR count). The minimum absolute atomic E-state index is 0.172. The summed E-state index contributed by atoms with van der Waals surface area (Å²) in [5.41, 5.74) is -0.172. The van der Waals surface area contributed by atoms with Crippen LogP contribution in [0.2, 0.25) is 0 Å². The Hall–Kier alpha value is -0.580. The van der Waals surface area contributed by atoms with Crippen LogP contribution >= 0.6 is 11.8 Å². The maximum Gasteiger partial charge on any atom is 0.123 e. The van der Waals surface area contributed by atoms with Crippen molar-refractivity contribution in [2.75, 3.05) is 18.9 Å². The average Bonchev–Trinajstić information content (AvgIpc) is 3.26. The van der Waals surface area contributed by atoms with E-state index in [-0.39, 0.29) is 18.0 Å². The average molecular weight is 283 g/mol. The number of rotatable bonds is 8. The molecule has 1 aromatic rings. The van der Waals surface area contributed by atoms with Crippen molar-refractivity contribution < 1.29 is 9.50 Å². The highest BCUT2D eigenvalue weighted by atomic mass is 32.2. The predicted molar refractivity (Wildman–Crippen MR) is 78.0 cm³/mol. The van der Waals surface area contributed by atoms with Gasteiger partial charge < -0.3 is 10.4 Å². The summed E-state index contributed by atoms with van der Waals surface area (Å²) >= 11 is 1.69. The number of aliphatic hydroxyl groups excluding tert-OH is 1. The first-order valence-electron chi connectivity index (χ1n) is 6.94. The molecule has 106 valence electrons. The molecule has 1 fully saturated rings. The maximum atomic E-state index is 12.9. The molecule has 0 aromatic heterocycles. The van der Waals surface area contributed by atoms with Crippen LogP contribution in [0.3, 0.4) is 0 Å². The number of hydrogen-bond donors (Lipinski definition) is 2. The van der Waals surface area contributed by atoms with Crippen molar-refractivity contribution in [2.24, 2.45) is 5.92 Å². The number of thioether (sulfide) groups is 1. The highest BCUT2D eigenvalue weighted by Gasteiger charge is 2.44. The Morgan fingerprint density at radius 3 is 2.58 bits per heavy atom. The lowest BCUT2D eigenvalue weighted by Crippen LogP contribution is -2.53. The lowest BCUT2D eigenvalue weighted by atomic mass is 9.96. The SMILES string of the molecule is CCCNC(CO)(CSc1ccc(F)cc1)C1CC1. The molecule has 0 spiro atoms. The standard InChI is InChI=1S/C15H22FNOS/c1-2-9-17-15(10-18,12-3-4-12)11-19-14-7-5-13(16)6-8-14/h5-8,12,17-18H,2-4,9-11H2,1H3. The number of halogens is 1. The summed E-state index contributed by atoms with van der Waals surface area (Å²) < 4.78 is 12.9. The third-order valence-electron chi connectivity index (χ3n) is 3.68. The molecule has 1 atom stereocenters. The fourth-order valence-electron chi connectivity index (χ4n) is 2.30. The Bertz CT molecular complexity index is 394. The predicted octanol–water partition coefficient (Wildman–Crippen LogP) is 3.06. The van der Waals surface area contributed by atoms with E-state index in [1.807, 2.05) is 0 Å². The van der Waals surface area contributed by atoms with E-state index in [0.29, 0.717) is 5.92 Å². The fraction of sp³-hybridized carbons (Fsp3) is 0.600. The lowest BCUT2D eigenvalue weighted by Gasteiger charge is -2.33. The molecular weight excluding hydrogens is 261 g/mol. The van der Waals surface area contributed by atoms with Crippen LogP contribution in [0.15, 0.2) is 29.2 Å². The highest BCUT2D eigenvalue weighted by molar-refractivity contribution is 7.99. The normalized spacial score (nSPS) is 18.3. The monoisotopic (exact) mass is 283 g/mol. The highest BCUT2D eigenvalue weighted by Crippen LogP contribution is 2.42. The molecule has 0 saturated heterocycles. The number of aliphatic hydroxyl groups is 1. The van der Waals surface area contributed by atoms with Crippen LogP contribution < -0.4 is 5.32 Å². The smallest absolute Gasteiger partial charge is 0.123 e. The lowest BCUT2D eigenvalue weighted by molar-refractivity contribution is 0.159. The Kier molecular flexibility index (Phi) is 5.25. The van der Waals surface area contributed by atoms with Crippen LogP contribution in [0.25, 0.3) is 0 Å². The van der Waals surface area contributed by atoms with E-state index in [2.05, 4.69) is 12.2 Å². The molecule has 0 radical (unpaired) electrons. The molecule has 2 nitrogen and oxygen atoms in total. The van der Waals surface area contributed by atoms with Gasteiger partial charge in [0.05, 0.1) is 12.1 Å². The molecule has 1 aromatic carbocycles. The topological polar surface area (TPSA) is 32.3 Å². The summed E-state index contributed by atoms with van der Waals surface area (Å²) in [7, 11) is 0. The van der Waals surface area contributed by atoms with Gasteiger partial charge in [0.2, 0.25) is 0 Å². The molecule has 2 N–H and O–H groups in total. The van der Waals surface area contributed by atoms with Crippen LogP contribution in [0.5, 0.6) is 0 Å². The number of hydrogen-bond acceptors (Lipinski definition) is 3. The second kappa shape index (κ2) is 6.73. The van der Waals surface area contributed by atoms with E-state index in [1.165, 1.54) is 25.0 Å². The zero-order valence-corrected chi connectivity index (χ0v) is 12.2. The first-order valence-corrected chi connectivity index (χ1v) is 7.93. The van der Waals surface area contributed by atoms with Crippen molar-refractivity contribution in [3.63, 3.8) is 0 Å². The van der Waals surface area contributed by atoms with Crippen molar-refractivity contribution in [2.45, 2.75) is 36.6 Å². The summed E-state index contributed by atoms with van der Waals surface area (Å²) in [6.45, 7) is 3.24. The minimum atomic E-state index is -0.205. The largest absolute Gasteiger partial charge is 0.394 e. The quantitative estimate of drug-likeness (QED) is 0.719. The molecule has 0 aliphatic heterocycles. The van der Waals surface area contributed by atoms with Gasteiger partial charge in [-0.2, -0.15) is 0 Å². The Morgan fingerprint density at radius 1 is 1.37 bits per heavy atom. The molecule has 1 unspecified atom stereocenters. The van der Waals surface area contributed by atoms with Crippen molar-refractivity contribution in [3.8, 4) is 0 Å². The molecule has 1 aliphatic carbocycles. The van der Waals surface area contributed by atoms with Gasteiger partial charge in [-0.3, -0.25) is 0 Å². The fourth-order valence-corrected chi connectivity index (χ4v) is 3.48. The van der Waals surface area contributed by atoms with E-state index in [9.17, 15) is 9.50 Å². The molecule has 0 bridgehead atoms. The number of benzene rings is 1. The summed E-state index contributed by atoms with van der Waals surface area (Å²) in [4.78, 5) is 1.05. The van der Waals surface area contributed by atoms with Gasteiger partial charge in [-0.25, -0.2) is 4.39 Å². The van der Waals surface area contributed by atoms with Gasteiger partial charge in [0.25, 0.3) is 0 Å². The maximum absolute atomic E-state index is 12.9. The molecule has 0 amide bonds. The van der Waals surface area contributed by atoms with E-state index < -0.39 is 0 Å². The van der Waals surface area contributed by atoms with Gasteiger partial charge in [0.1, 0.15) is 5.82 Å². The first kappa shape index (κ1) is 14.8. The summed E-state index contributed by atoms with van der Waals surface area (Å²) in [6, 6.07) is 6.57. The van der Waals surface area contributed by atoms with Crippen molar-refractivity contribution >= 4 is 11.8 Å². The van der Waals surface area contributed by atoms with Crippen LogP contribution in [0, 0.1) is 11.7 Å². The van der Waals surface area contributed by atoms with E-state index in [0.717, 1.165) is 23.6 Å². The number of nitrogens with one attached hydrogen (secondary N) is 1. The zero-order valence-electron chi connectivity index (χ0n) is 11.4.